The fourth-order valence-electron chi connectivity index (χ4n) is 1.54. The quantitative estimate of drug-likeness (QED) is 0.832. The third kappa shape index (κ3) is 2.63. The van der Waals surface area contributed by atoms with Crippen LogP contribution >= 0.6 is 0 Å². The highest BCUT2D eigenvalue weighted by atomic mass is 16.5. The molecule has 5 heteroatoms. The fourth-order valence-corrected chi connectivity index (χ4v) is 1.54. The lowest BCUT2D eigenvalue weighted by Gasteiger charge is -2.03. The van der Waals surface area contributed by atoms with E-state index >= 15 is 0 Å². The van der Waals surface area contributed by atoms with E-state index in [4.69, 9.17) is 4.74 Å². The molecule has 0 bridgehead atoms. The number of benzene rings is 1. The van der Waals surface area contributed by atoms with Gasteiger partial charge in [0, 0.05) is 6.20 Å². The molecular formula is C13H12N2O3. The maximum absolute atomic E-state index is 11.5. The van der Waals surface area contributed by atoms with E-state index in [9.17, 15) is 9.59 Å². The van der Waals surface area contributed by atoms with Gasteiger partial charge in [0.15, 0.2) is 0 Å². The maximum atomic E-state index is 11.5. The molecule has 0 aliphatic rings. The molecule has 0 amide bonds. The predicted octanol–water partition coefficient (Wildman–Crippen LogP) is 1.61. The maximum Gasteiger partial charge on any atom is 0.345 e. The number of nitrogens with zero attached hydrogens (tertiary/aromatic N) is 1. The number of aromatic nitrogens is 2. The Balaban J connectivity index is 2.27. The Hall–Kier alpha value is -2.43. The summed E-state index contributed by atoms with van der Waals surface area (Å²) in [7, 11) is 0. The van der Waals surface area contributed by atoms with Crippen molar-refractivity contribution in [3.8, 4) is 11.3 Å². The molecule has 0 saturated heterocycles. The number of H-pyrrole nitrogens is 1. The molecule has 0 aliphatic heterocycles. The topological polar surface area (TPSA) is 72.0 Å². The Bertz CT molecular complexity index is 602. The Labute approximate surface area is 103 Å². The monoisotopic (exact) mass is 244 g/mol. The van der Waals surface area contributed by atoms with Crippen molar-refractivity contribution in [2.24, 2.45) is 0 Å². The molecule has 1 aromatic carbocycles. The lowest BCUT2D eigenvalue weighted by molar-refractivity contribution is 0.0526. The van der Waals surface area contributed by atoms with Crippen LogP contribution in [-0.4, -0.2) is 22.5 Å². The summed E-state index contributed by atoms with van der Waals surface area (Å²) in [6.07, 6.45) is 1.44. The smallest absolute Gasteiger partial charge is 0.345 e. The van der Waals surface area contributed by atoms with Gasteiger partial charge in [-0.05, 0) is 30.7 Å². The van der Waals surface area contributed by atoms with Gasteiger partial charge in [0.2, 0.25) is 0 Å². The second-order valence-corrected chi connectivity index (χ2v) is 3.59. The van der Waals surface area contributed by atoms with Gasteiger partial charge in [-0.3, -0.25) is 0 Å². The van der Waals surface area contributed by atoms with Crippen molar-refractivity contribution in [3.05, 3.63) is 52.6 Å². The second-order valence-electron chi connectivity index (χ2n) is 3.59. The fraction of sp³-hybridized carbons (Fsp3) is 0.154. The summed E-state index contributed by atoms with van der Waals surface area (Å²) >= 11 is 0. The van der Waals surface area contributed by atoms with Gasteiger partial charge in [0.05, 0.1) is 17.9 Å². The van der Waals surface area contributed by atoms with Crippen LogP contribution in [0.15, 0.2) is 41.3 Å². The summed E-state index contributed by atoms with van der Waals surface area (Å²) in [5.41, 5.74) is 1.55. The molecule has 2 rings (SSSR count). The zero-order valence-corrected chi connectivity index (χ0v) is 9.84. The number of carbonyl (C=O) groups is 1. The number of ether oxygens (including phenoxy) is 1. The van der Waals surface area contributed by atoms with Crippen LogP contribution in [0, 0.1) is 0 Å². The Morgan fingerprint density at radius 3 is 2.61 bits per heavy atom. The van der Waals surface area contributed by atoms with Gasteiger partial charge < -0.3 is 9.72 Å². The number of hydrogen-bond acceptors (Lipinski definition) is 4. The van der Waals surface area contributed by atoms with Crippen LogP contribution in [0.4, 0.5) is 0 Å². The molecule has 1 aromatic heterocycles. The summed E-state index contributed by atoms with van der Waals surface area (Å²) in [6, 6.07) is 8.51. The van der Waals surface area contributed by atoms with Crippen LogP contribution in [0.2, 0.25) is 0 Å². The first-order valence-electron chi connectivity index (χ1n) is 5.53. The number of hydrogen-bond donors (Lipinski definition) is 1. The molecule has 0 spiro atoms. The van der Waals surface area contributed by atoms with Crippen LogP contribution in [0.25, 0.3) is 11.3 Å². The minimum absolute atomic E-state index is 0.345. The van der Waals surface area contributed by atoms with Gasteiger partial charge in [0.1, 0.15) is 0 Å². The van der Waals surface area contributed by atoms with E-state index < -0.39 is 5.69 Å². The first-order chi connectivity index (χ1) is 8.70. The van der Waals surface area contributed by atoms with Gasteiger partial charge in [0.25, 0.3) is 0 Å². The summed E-state index contributed by atoms with van der Waals surface area (Å²) in [5, 5.41) is 0. The van der Waals surface area contributed by atoms with E-state index in [2.05, 4.69) is 9.97 Å². The highest BCUT2D eigenvalue weighted by Crippen LogP contribution is 2.16. The lowest BCUT2D eigenvalue weighted by Crippen LogP contribution is -2.09. The van der Waals surface area contributed by atoms with E-state index in [0.717, 1.165) is 5.56 Å². The standard InChI is InChI=1S/C13H12N2O3/c1-2-18-12(16)10-5-3-9(4-6-10)11-7-8-14-13(17)15-11/h3-8H,2H2,1H3,(H,14,15,17). The molecule has 1 N–H and O–H groups in total. The molecular weight excluding hydrogens is 232 g/mol. The highest BCUT2D eigenvalue weighted by Gasteiger charge is 2.06. The minimum atomic E-state index is -0.401. The van der Waals surface area contributed by atoms with Crippen LogP contribution < -0.4 is 5.69 Å². The Morgan fingerprint density at radius 1 is 1.28 bits per heavy atom. The third-order valence-electron chi connectivity index (χ3n) is 2.38. The first-order valence-corrected chi connectivity index (χ1v) is 5.53. The Kier molecular flexibility index (Phi) is 3.52. The van der Waals surface area contributed by atoms with Gasteiger partial charge in [-0.15, -0.1) is 0 Å². The van der Waals surface area contributed by atoms with Crippen LogP contribution in [0.1, 0.15) is 17.3 Å². The lowest BCUT2D eigenvalue weighted by atomic mass is 10.1. The van der Waals surface area contributed by atoms with Crippen molar-refractivity contribution in [1.29, 1.82) is 0 Å². The van der Waals surface area contributed by atoms with Crippen molar-refractivity contribution in [2.75, 3.05) is 6.61 Å². The van der Waals surface area contributed by atoms with E-state index in [0.29, 0.717) is 17.9 Å². The van der Waals surface area contributed by atoms with Crippen molar-refractivity contribution >= 4 is 5.97 Å². The molecule has 0 radical (unpaired) electrons. The summed E-state index contributed by atoms with van der Waals surface area (Å²) in [5.74, 6) is -0.354. The van der Waals surface area contributed by atoms with Gasteiger partial charge in [-0.25, -0.2) is 14.6 Å². The molecule has 5 nitrogen and oxygen atoms in total. The normalized spacial score (nSPS) is 10.1. The predicted molar refractivity (Wildman–Crippen MR) is 66.3 cm³/mol. The molecule has 0 fully saturated rings. The summed E-state index contributed by atoms with van der Waals surface area (Å²) in [4.78, 5) is 28.7. The minimum Gasteiger partial charge on any atom is -0.462 e. The van der Waals surface area contributed by atoms with Gasteiger partial charge in [-0.1, -0.05) is 12.1 Å². The van der Waals surface area contributed by atoms with Crippen LogP contribution in [0.3, 0.4) is 0 Å². The highest BCUT2D eigenvalue weighted by molar-refractivity contribution is 5.89. The molecule has 18 heavy (non-hydrogen) atoms. The SMILES string of the molecule is CCOC(=O)c1ccc(-c2ccnc(=O)[nH]2)cc1. The zero-order valence-electron chi connectivity index (χ0n) is 9.84. The zero-order chi connectivity index (χ0) is 13.0. The van der Waals surface area contributed by atoms with Gasteiger partial charge >= 0.3 is 11.7 Å². The molecule has 92 valence electrons. The molecule has 0 atom stereocenters. The summed E-state index contributed by atoms with van der Waals surface area (Å²) < 4.78 is 4.89. The largest absolute Gasteiger partial charge is 0.462 e. The number of esters is 1. The van der Waals surface area contributed by atoms with Gasteiger partial charge in [-0.2, -0.15) is 0 Å². The summed E-state index contributed by atoms with van der Waals surface area (Å²) in [6.45, 7) is 2.10. The molecule has 1 heterocycles. The van der Waals surface area contributed by atoms with E-state index in [1.54, 1.807) is 37.3 Å². The number of rotatable bonds is 3. The third-order valence-corrected chi connectivity index (χ3v) is 2.38. The van der Waals surface area contributed by atoms with Crippen LogP contribution in [-0.2, 0) is 4.74 Å². The molecule has 0 unspecified atom stereocenters. The average molecular weight is 244 g/mol. The van der Waals surface area contributed by atoms with Crippen molar-refractivity contribution < 1.29 is 9.53 Å². The first kappa shape index (κ1) is 12.0. The molecule has 0 saturated carbocycles. The van der Waals surface area contributed by atoms with E-state index in [1.165, 1.54) is 6.20 Å². The van der Waals surface area contributed by atoms with Crippen molar-refractivity contribution in [1.82, 2.24) is 9.97 Å². The number of aromatic amines is 1. The number of carbonyl (C=O) groups excluding carboxylic acids is 1. The molecule has 2 aromatic rings. The number of nitrogens with one attached hydrogen (secondary N) is 1. The van der Waals surface area contributed by atoms with E-state index in [-0.39, 0.29) is 5.97 Å². The van der Waals surface area contributed by atoms with Crippen molar-refractivity contribution in [3.63, 3.8) is 0 Å². The average Bonchev–Trinajstić information content (AvgIpc) is 2.39. The Morgan fingerprint density at radius 2 is 2.00 bits per heavy atom. The van der Waals surface area contributed by atoms with Crippen molar-refractivity contribution in [2.45, 2.75) is 6.92 Å². The molecule has 0 aliphatic carbocycles. The second kappa shape index (κ2) is 5.27. The van der Waals surface area contributed by atoms with E-state index in [1.807, 2.05) is 0 Å². The van der Waals surface area contributed by atoms with Crippen LogP contribution in [0.5, 0.6) is 0 Å².